The fraction of sp³-hybridized carbons (Fsp3) is 0.786. The summed E-state index contributed by atoms with van der Waals surface area (Å²) >= 11 is 0. The summed E-state index contributed by atoms with van der Waals surface area (Å²) in [5, 5.41) is 17.9. The maximum absolute atomic E-state index is 10.3. The third-order valence-corrected chi connectivity index (χ3v) is 4.07. The van der Waals surface area contributed by atoms with Crippen molar-refractivity contribution in [2.24, 2.45) is 11.8 Å². The molecule has 4 heteroatoms. The number of aliphatic hydroxyl groups is 1. The zero-order chi connectivity index (χ0) is 13.0. The van der Waals surface area contributed by atoms with E-state index in [4.69, 9.17) is 9.84 Å². The van der Waals surface area contributed by atoms with Crippen molar-refractivity contribution in [3.8, 4) is 0 Å². The Balaban J connectivity index is 1.70. The number of carboxylic acid groups (broad SMARTS) is 1. The maximum Gasteiger partial charge on any atom is 0.303 e. The van der Waals surface area contributed by atoms with Gasteiger partial charge in [-0.05, 0) is 32.1 Å². The van der Waals surface area contributed by atoms with Crippen LogP contribution in [0.15, 0.2) is 12.2 Å². The zero-order valence-electron chi connectivity index (χ0n) is 10.6. The molecule has 2 bridgehead atoms. The van der Waals surface area contributed by atoms with Crippen LogP contribution in [0, 0.1) is 11.8 Å². The summed E-state index contributed by atoms with van der Waals surface area (Å²) < 4.78 is 5.81. The van der Waals surface area contributed by atoms with Gasteiger partial charge in [-0.25, -0.2) is 0 Å². The predicted octanol–water partition coefficient (Wildman–Crippen LogP) is 1.97. The van der Waals surface area contributed by atoms with Crippen LogP contribution >= 0.6 is 0 Å². The number of unbranched alkanes of at least 4 members (excludes halogenated alkanes) is 2. The summed E-state index contributed by atoms with van der Waals surface area (Å²) in [7, 11) is 0. The summed E-state index contributed by atoms with van der Waals surface area (Å²) in [6, 6.07) is 0. The molecule has 0 aromatic rings. The molecule has 2 rings (SSSR count). The van der Waals surface area contributed by atoms with Crippen molar-refractivity contribution in [1.82, 2.24) is 0 Å². The third-order valence-electron chi connectivity index (χ3n) is 4.07. The van der Waals surface area contributed by atoms with E-state index in [2.05, 4.69) is 12.2 Å². The van der Waals surface area contributed by atoms with Crippen molar-refractivity contribution >= 4 is 5.97 Å². The standard InChI is InChI=1S/C14H22O4/c15-9-11-10(12-7-8-13(11)18-12)5-3-1-2-4-6-14(16)17/h3,5,10-13,15H,1-2,4,6-9H2,(H,16,17)/t10-,11+,12-,13+/m0/s1. The van der Waals surface area contributed by atoms with Crippen molar-refractivity contribution in [2.75, 3.05) is 6.61 Å². The van der Waals surface area contributed by atoms with E-state index in [0.29, 0.717) is 12.0 Å². The van der Waals surface area contributed by atoms with E-state index in [1.54, 1.807) is 0 Å². The molecule has 0 radical (unpaired) electrons. The number of aliphatic hydroxyl groups excluding tert-OH is 1. The van der Waals surface area contributed by atoms with E-state index in [-0.39, 0.29) is 25.0 Å². The SMILES string of the molecule is O=C(O)CCCCC=C[C@H]1[C@@H](CO)[C@H]2CC[C@@H]1O2. The molecule has 0 aliphatic carbocycles. The van der Waals surface area contributed by atoms with Gasteiger partial charge in [0.15, 0.2) is 0 Å². The molecule has 2 fully saturated rings. The maximum atomic E-state index is 10.3. The fourth-order valence-electron chi connectivity index (χ4n) is 3.11. The lowest BCUT2D eigenvalue weighted by atomic mass is 9.79. The van der Waals surface area contributed by atoms with Gasteiger partial charge in [0.2, 0.25) is 0 Å². The number of fused-ring (bicyclic) bond motifs is 2. The quantitative estimate of drug-likeness (QED) is 0.538. The van der Waals surface area contributed by atoms with Crippen LogP contribution < -0.4 is 0 Å². The average molecular weight is 254 g/mol. The van der Waals surface area contributed by atoms with E-state index < -0.39 is 5.97 Å². The van der Waals surface area contributed by atoms with Crippen LogP contribution in [0.3, 0.4) is 0 Å². The highest BCUT2D eigenvalue weighted by Crippen LogP contribution is 2.43. The van der Waals surface area contributed by atoms with Gasteiger partial charge in [0.25, 0.3) is 0 Å². The van der Waals surface area contributed by atoms with Gasteiger partial charge < -0.3 is 14.9 Å². The highest BCUT2D eigenvalue weighted by molar-refractivity contribution is 5.66. The van der Waals surface area contributed by atoms with E-state index in [1.165, 1.54) is 0 Å². The summed E-state index contributed by atoms with van der Waals surface area (Å²) in [4.78, 5) is 10.3. The molecule has 0 spiro atoms. The summed E-state index contributed by atoms with van der Waals surface area (Å²) in [6.45, 7) is 0.204. The molecule has 2 aliphatic heterocycles. The average Bonchev–Trinajstić information content (AvgIpc) is 2.93. The molecule has 4 atom stereocenters. The number of hydrogen-bond donors (Lipinski definition) is 2. The monoisotopic (exact) mass is 254 g/mol. The Morgan fingerprint density at radius 2 is 2.06 bits per heavy atom. The summed E-state index contributed by atoms with van der Waals surface area (Å²) in [5.74, 6) is -0.104. The summed E-state index contributed by atoms with van der Waals surface area (Å²) in [6.07, 6.45) is 9.84. The molecule has 2 saturated heterocycles. The highest BCUT2D eigenvalue weighted by atomic mass is 16.5. The van der Waals surface area contributed by atoms with Gasteiger partial charge >= 0.3 is 5.97 Å². The van der Waals surface area contributed by atoms with Crippen LogP contribution in [-0.2, 0) is 9.53 Å². The molecule has 18 heavy (non-hydrogen) atoms. The first-order valence-electron chi connectivity index (χ1n) is 6.87. The van der Waals surface area contributed by atoms with Gasteiger partial charge in [-0.2, -0.15) is 0 Å². The molecule has 2 aliphatic rings. The molecule has 4 nitrogen and oxygen atoms in total. The number of allylic oxidation sites excluding steroid dienone is 1. The van der Waals surface area contributed by atoms with Crippen LogP contribution in [0.2, 0.25) is 0 Å². The molecule has 2 heterocycles. The van der Waals surface area contributed by atoms with Gasteiger partial charge in [0.1, 0.15) is 0 Å². The van der Waals surface area contributed by atoms with Crippen molar-refractivity contribution < 1.29 is 19.7 Å². The first-order chi connectivity index (χ1) is 8.72. The van der Waals surface area contributed by atoms with E-state index in [9.17, 15) is 9.90 Å². The number of aliphatic carboxylic acids is 1. The Bertz CT molecular complexity index is 313. The number of ether oxygens (including phenoxy) is 1. The molecule has 0 amide bonds. The Morgan fingerprint density at radius 1 is 1.28 bits per heavy atom. The Hall–Kier alpha value is -0.870. The molecular weight excluding hydrogens is 232 g/mol. The van der Waals surface area contributed by atoms with Crippen LogP contribution in [0.5, 0.6) is 0 Å². The van der Waals surface area contributed by atoms with Crippen LogP contribution in [-0.4, -0.2) is 35.0 Å². The molecule has 102 valence electrons. The van der Waals surface area contributed by atoms with E-state index >= 15 is 0 Å². The fourth-order valence-corrected chi connectivity index (χ4v) is 3.11. The van der Waals surface area contributed by atoms with Crippen LogP contribution in [0.1, 0.15) is 38.5 Å². The summed E-state index contributed by atoms with van der Waals surface area (Å²) in [5.41, 5.74) is 0. The minimum absolute atomic E-state index is 0.204. The zero-order valence-corrected chi connectivity index (χ0v) is 10.6. The predicted molar refractivity (Wildman–Crippen MR) is 67.2 cm³/mol. The Kier molecular flexibility index (Phi) is 4.78. The largest absolute Gasteiger partial charge is 0.481 e. The lowest BCUT2D eigenvalue weighted by Gasteiger charge is -2.23. The number of rotatable bonds is 7. The van der Waals surface area contributed by atoms with Crippen molar-refractivity contribution in [2.45, 2.75) is 50.7 Å². The van der Waals surface area contributed by atoms with Crippen LogP contribution in [0.4, 0.5) is 0 Å². The molecule has 0 saturated carbocycles. The van der Waals surface area contributed by atoms with E-state index in [0.717, 1.165) is 32.1 Å². The lowest BCUT2D eigenvalue weighted by molar-refractivity contribution is -0.137. The second-order valence-electron chi connectivity index (χ2n) is 5.28. The number of carbonyl (C=O) groups is 1. The topological polar surface area (TPSA) is 66.8 Å². The van der Waals surface area contributed by atoms with Gasteiger partial charge in [-0.3, -0.25) is 4.79 Å². The van der Waals surface area contributed by atoms with Crippen molar-refractivity contribution in [1.29, 1.82) is 0 Å². The second-order valence-corrected chi connectivity index (χ2v) is 5.28. The van der Waals surface area contributed by atoms with E-state index in [1.807, 2.05) is 0 Å². The van der Waals surface area contributed by atoms with Gasteiger partial charge in [0.05, 0.1) is 12.2 Å². The Morgan fingerprint density at radius 3 is 2.78 bits per heavy atom. The molecule has 0 aromatic heterocycles. The van der Waals surface area contributed by atoms with Crippen LogP contribution in [0.25, 0.3) is 0 Å². The first-order valence-corrected chi connectivity index (χ1v) is 6.87. The Labute approximate surface area is 108 Å². The van der Waals surface area contributed by atoms with Gasteiger partial charge in [-0.1, -0.05) is 12.2 Å². The third kappa shape index (κ3) is 3.12. The van der Waals surface area contributed by atoms with Gasteiger partial charge in [0, 0.05) is 24.9 Å². The lowest BCUT2D eigenvalue weighted by Crippen LogP contribution is -2.28. The minimum atomic E-state index is -0.721. The second kappa shape index (κ2) is 6.34. The molecular formula is C14H22O4. The molecule has 0 aromatic carbocycles. The molecule has 2 N–H and O–H groups in total. The smallest absolute Gasteiger partial charge is 0.303 e. The normalized spacial score (nSPS) is 34.5. The number of carboxylic acids is 1. The van der Waals surface area contributed by atoms with Crippen molar-refractivity contribution in [3.05, 3.63) is 12.2 Å². The van der Waals surface area contributed by atoms with Gasteiger partial charge in [-0.15, -0.1) is 0 Å². The number of hydrogen-bond acceptors (Lipinski definition) is 3. The highest BCUT2D eigenvalue weighted by Gasteiger charge is 2.47. The first kappa shape index (κ1) is 13.6. The molecule has 0 unspecified atom stereocenters. The van der Waals surface area contributed by atoms with Crippen molar-refractivity contribution in [3.63, 3.8) is 0 Å². The minimum Gasteiger partial charge on any atom is -0.481 e.